The SMILES string of the molecule is CCCC(NC(=O)CN(C(=O)C(NC(=O)[C@@H](NC(=O)C1CSC(=O)N1)C1CCCCC1)C(C)C(C)C)C1CCCCC1CC)C(=O)C(=O)N[C@@H](C)c1ccccc1. The number of thioether (sulfide) groups is 1. The fourth-order valence-electron chi connectivity index (χ4n) is 8.51. The number of Topliss-reactive ketones (excluding diaryl/α,β-unsaturated/α-hetero) is 1. The summed E-state index contributed by atoms with van der Waals surface area (Å²) in [6, 6.07) is 4.87. The number of hydrogen-bond donors (Lipinski definition) is 5. The first-order valence-electron chi connectivity index (χ1n) is 21.3. The van der Waals surface area contributed by atoms with Crippen LogP contribution in [0.3, 0.4) is 0 Å². The summed E-state index contributed by atoms with van der Waals surface area (Å²) in [5, 5.41) is 14.0. The molecule has 2 aliphatic carbocycles. The molecule has 6 unspecified atom stereocenters. The van der Waals surface area contributed by atoms with Crippen LogP contribution in [0.15, 0.2) is 30.3 Å². The average molecular weight is 811 g/mol. The van der Waals surface area contributed by atoms with Gasteiger partial charge in [0, 0.05) is 11.8 Å². The number of nitrogens with zero attached hydrogens (tertiary/aromatic N) is 1. The summed E-state index contributed by atoms with van der Waals surface area (Å²) in [5.41, 5.74) is 0.841. The van der Waals surface area contributed by atoms with Crippen LogP contribution in [0, 0.1) is 23.7 Å². The predicted octanol–water partition coefficient (Wildman–Crippen LogP) is 5.18. The van der Waals surface area contributed by atoms with Gasteiger partial charge in [0.25, 0.3) is 11.1 Å². The van der Waals surface area contributed by atoms with Crippen molar-refractivity contribution in [2.45, 2.75) is 155 Å². The molecule has 57 heavy (non-hydrogen) atoms. The molecule has 5 N–H and O–H groups in total. The molecule has 13 nitrogen and oxygen atoms in total. The van der Waals surface area contributed by atoms with Crippen molar-refractivity contribution in [3.8, 4) is 0 Å². The lowest BCUT2D eigenvalue weighted by Gasteiger charge is -2.42. The number of rotatable bonds is 19. The average Bonchev–Trinajstić information content (AvgIpc) is 3.66. The second-order valence-corrected chi connectivity index (χ2v) is 17.6. The van der Waals surface area contributed by atoms with Gasteiger partial charge in [-0.15, -0.1) is 0 Å². The molecular formula is C43H66N6O7S. The molecule has 6 amide bonds. The van der Waals surface area contributed by atoms with Crippen LogP contribution in [-0.4, -0.2) is 88.0 Å². The zero-order valence-electron chi connectivity index (χ0n) is 34.8. The third-order valence-corrected chi connectivity index (χ3v) is 13.2. The maximum Gasteiger partial charge on any atom is 0.290 e. The summed E-state index contributed by atoms with van der Waals surface area (Å²) in [7, 11) is 0. The zero-order valence-corrected chi connectivity index (χ0v) is 35.6. The van der Waals surface area contributed by atoms with E-state index in [0.29, 0.717) is 12.8 Å². The highest BCUT2D eigenvalue weighted by Gasteiger charge is 2.42. The van der Waals surface area contributed by atoms with E-state index < -0.39 is 59.6 Å². The maximum absolute atomic E-state index is 15.1. The van der Waals surface area contributed by atoms with Gasteiger partial charge in [0.2, 0.25) is 29.4 Å². The quantitative estimate of drug-likeness (QED) is 0.119. The van der Waals surface area contributed by atoms with Crippen molar-refractivity contribution in [3.05, 3.63) is 35.9 Å². The number of nitrogens with one attached hydrogen (secondary N) is 5. The molecule has 2 saturated carbocycles. The Hall–Kier alpha value is -3.94. The molecule has 1 aromatic carbocycles. The van der Waals surface area contributed by atoms with Gasteiger partial charge in [-0.3, -0.25) is 33.6 Å². The van der Waals surface area contributed by atoms with Crippen LogP contribution in [0.4, 0.5) is 4.79 Å². The van der Waals surface area contributed by atoms with Gasteiger partial charge in [0.15, 0.2) is 0 Å². The van der Waals surface area contributed by atoms with Crippen LogP contribution in [-0.2, 0) is 28.8 Å². The van der Waals surface area contributed by atoms with Crippen molar-refractivity contribution in [2.24, 2.45) is 23.7 Å². The van der Waals surface area contributed by atoms with Crippen molar-refractivity contribution in [1.82, 2.24) is 31.5 Å². The first-order valence-corrected chi connectivity index (χ1v) is 22.3. The number of hydrogen-bond acceptors (Lipinski definition) is 8. The third kappa shape index (κ3) is 12.8. The minimum Gasteiger partial charge on any atom is -0.344 e. The normalized spacial score (nSPS) is 22.6. The molecular weight excluding hydrogens is 745 g/mol. The highest BCUT2D eigenvalue weighted by Crippen LogP contribution is 2.33. The lowest BCUT2D eigenvalue weighted by molar-refractivity contribution is -0.146. The molecule has 1 aromatic rings. The van der Waals surface area contributed by atoms with Crippen LogP contribution in [0.25, 0.3) is 0 Å². The molecule has 0 spiro atoms. The van der Waals surface area contributed by atoms with Gasteiger partial charge in [0.1, 0.15) is 18.1 Å². The predicted molar refractivity (Wildman–Crippen MR) is 222 cm³/mol. The van der Waals surface area contributed by atoms with Crippen molar-refractivity contribution in [2.75, 3.05) is 12.3 Å². The largest absolute Gasteiger partial charge is 0.344 e. The Morgan fingerprint density at radius 2 is 1.51 bits per heavy atom. The Balaban J connectivity index is 1.58. The van der Waals surface area contributed by atoms with Crippen LogP contribution in [0.1, 0.15) is 130 Å². The number of ketones is 1. The van der Waals surface area contributed by atoms with E-state index in [-0.39, 0.29) is 59.6 Å². The van der Waals surface area contributed by atoms with E-state index in [1.54, 1.807) is 11.8 Å². The Bertz CT molecular complexity index is 1550. The van der Waals surface area contributed by atoms with E-state index in [1.165, 1.54) is 0 Å². The summed E-state index contributed by atoms with van der Waals surface area (Å²) in [5.74, 6) is -3.46. The van der Waals surface area contributed by atoms with E-state index in [4.69, 9.17) is 0 Å². The number of amides is 6. The standard InChI is InChI=1S/C43H66N6O7S/c1-7-17-32(38(51)41(54)44-28(6)30-19-11-9-12-20-30)45-35(50)24-49(34-23-16-15-18-29(34)8-2)42(55)36(27(5)26(3)4)47-40(53)37(31-21-13-10-14-22-31)48-39(52)33-25-57-43(56)46-33/h9,11-12,19-20,26-29,31-34,36-37H,7-8,10,13-18,21-25H2,1-6H3,(H,44,54)(H,45,50)(H,46,56)(H,47,53)(H,48,52)/t27?,28-,29?,32?,33?,34?,36?,37-/m0/s1. The molecule has 0 radical (unpaired) electrons. The second-order valence-electron chi connectivity index (χ2n) is 16.6. The van der Waals surface area contributed by atoms with Gasteiger partial charge in [-0.2, -0.15) is 0 Å². The number of benzene rings is 1. The molecule has 8 atom stereocenters. The van der Waals surface area contributed by atoms with Crippen LogP contribution < -0.4 is 26.6 Å². The Morgan fingerprint density at radius 1 is 0.842 bits per heavy atom. The fraction of sp³-hybridized carbons (Fsp3) is 0.698. The van der Waals surface area contributed by atoms with Crippen molar-refractivity contribution in [3.63, 3.8) is 0 Å². The fourth-order valence-corrected chi connectivity index (χ4v) is 9.28. The van der Waals surface area contributed by atoms with Crippen molar-refractivity contribution >= 4 is 52.3 Å². The third-order valence-electron chi connectivity index (χ3n) is 12.3. The summed E-state index contributed by atoms with van der Waals surface area (Å²) < 4.78 is 0. The summed E-state index contributed by atoms with van der Waals surface area (Å²) in [4.78, 5) is 97.1. The molecule has 14 heteroatoms. The van der Waals surface area contributed by atoms with Crippen LogP contribution >= 0.6 is 11.8 Å². The van der Waals surface area contributed by atoms with E-state index in [1.807, 2.05) is 58.0 Å². The molecule has 316 valence electrons. The number of carbonyl (C=O) groups excluding carboxylic acids is 7. The Morgan fingerprint density at radius 3 is 2.12 bits per heavy atom. The molecule has 1 heterocycles. The van der Waals surface area contributed by atoms with Gasteiger partial charge in [0.05, 0.1) is 18.6 Å². The lowest BCUT2D eigenvalue weighted by atomic mass is 9.80. The summed E-state index contributed by atoms with van der Waals surface area (Å²) in [6.07, 6.45) is 9.43. The van der Waals surface area contributed by atoms with Gasteiger partial charge in [-0.05, 0) is 68.3 Å². The molecule has 3 aliphatic rings. The Labute approximate surface area is 343 Å². The highest BCUT2D eigenvalue weighted by atomic mass is 32.2. The van der Waals surface area contributed by atoms with E-state index in [2.05, 4.69) is 33.5 Å². The van der Waals surface area contributed by atoms with Gasteiger partial charge < -0.3 is 31.5 Å². The van der Waals surface area contributed by atoms with Gasteiger partial charge >= 0.3 is 0 Å². The molecule has 0 aromatic heterocycles. The van der Waals surface area contributed by atoms with Crippen LogP contribution in [0.5, 0.6) is 0 Å². The smallest absolute Gasteiger partial charge is 0.290 e. The minimum absolute atomic E-state index is 0.0277. The highest BCUT2D eigenvalue weighted by molar-refractivity contribution is 8.14. The summed E-state index contributed by atoms with van der Waals surface area (Å²) in [6.45, 7) is 11.3. The van der Waals surface area contributed by atoms with E-state index in [9.17, 15) is 28.8 Å². The molecule has 1 aliphatic heterocycles. The molecule has 3 fully saturated rings. The lowest BCUT2D eigenvalue weighted by Crippen LogP contribution is -2.62. The summed E-state index contributed by atoms with van der Waals surface area (Å²) >= 11 is 1.03. The molecule has 0 bridgehead atoms. The first-order chi connectivity index (χ1) is 27.2. The van der Waals surface area contributed by atoms with Crippen molar-refractivity contribution in [1.29, 1.82) is 0 Å². The molecule has 1 saturated heterocycles. The maximum atomic E-state index is 15.1. The molecule has 4 rings (SSSR count). The number of carbonyl (C=O) groups is 7. The van der Waals surface area contributed by atoms with Gasteiger partial charge in [-0.1, -0.05) is 122 Å². The monoisotopic (exact) mass is 810 g/mol. The van der Waals surface area contributed by atoms with Gasteiger partial charge in [-0.25, -0.2) is 0 Å². The van der Waals surface area contributed by atoms with Crippen LogP contribution in [0.2, 0.25) is 0 Å². The van der Waals surface area contributed by atoms with E-state index >= 15 is 4.79 Å². The zero-order chi connectivity index (χ0) is 41.6. The minimum atomic E-state index is -1.08. The second kappa shape index (κ2) is 22.3. The Kier molecular flexibility index (Phi) is 17.9. The van der Waals surface area contributed by atoms with E-state index in [0.717, 1.165) is 75.1 Å². The first kappa shape index (κ1) is 45.8. The topological polar surface area (TPSA) is 183 Å². The van der Waals surface area contributed by atoms with Crippen molar-refractivity contribution < 1.29 is 33.6 Å².